The number of nitrogens with zero attached hydrogens (tertiary/aromatic N) is 3. The summed E-state index contributed by atoms with van der Waals surface area (Å²) in [6.45, 7) is 17.0. The van der Waals surface area contributed by atoms with Gasteiger partial charge in [-0.2, -0.15) is 4.57 Å². The highest BCUT2D eigenvalue weighted by molar-refractivity contribution is 7.19. The molecule has 0 amide bonds. The van der Waals surface area contributed by atoms with Crippen molar-refractivity contribution in [1.82, 2.24) is 9.55 Å². The molecule has 0 N–H and O–H groups in total. The van der Waals surface area contributed by atoms with Crippen molar-refractivity contribution in [3.63, 3.8) is 0 Å². The van der Waals surface area contributed by atoms with E-state index in [1.165, 1.54) is 37.3 Å². The monoisotopic (exact) mass is 490 g/mol. The predicted octanol–water partition coefficient (Wildman–Crippen LogP) is 8.76. The minimum atomic E-state index is 0.966. The van der Waals surface area contributed by atoms with Gasteiger partial charge in [0.15, 0.2) is 5.69 Å². The van der Waals surface area contributed by atoms with Crippen molar-refractivity contribution >= 4 is 49.8 Å². The van der Waals surface area contributed by atoms with E-state index in [1.807, 2.05) is 6.08 Å². The third-order valence-corrected chi connectivity index (χ3v) is 8.16. The van der Waals surface area contributed by atoms with E-state index < -0.39 is 0 Å². The predicted molar refractivity (Wildman–Crippen MR) is 157 cm³/mol. The molecule has 180 valence electrons. The van der Waals surface area contributed by atoms with Gasteiger partial charge in [-0.05, 0) is 82.4 Å². The lowest BCUT2D eigenvalue weighted by Crippen LogP contribution is -2.39. The Labute approximate surface area is 217 Å². The highest BCUT2D eigenvalue weighted by Crippen LogP contribution is 2.41. The van der Waals surface area contributed by atoms with Crippen LogP contribution in [0.3, 0.4) is 0 Å². The fourth-order valence-electron chi connectivity index (χ4n) is 5.01. The van der Waals surface area contributed by atoms with Crippen molar-refractivity contribution in [1.29, 1.82) is 0 Å². The Morgan fingerprint density at radius 3 is 2.42 bits per heavy atom. The normalized spacial score (nSPS) is 12.6. The van der Waals surface area contributed by atoms with Gasteiger partial charge < -0.3 is 4.57 Å². The molecule has 0 aliphatic heterocycles. The molecule has 0 aliphatic carbocycles. The van der Waals surface area contributed by atoms with Crippen LogP contribution < -0.4 is 4.57 Å². The van der Waals surface area contributed by atoms with E-state index >= 15 is 0 Å². The molecule has 0 bridgehead atoms. The van der Waals surface area contributed by atoms with E-state index in [9.17, 15) is 0 Å². The second-order valence-electron chi connectivity index (χ2n) is 9.19. The molecule has 3 nitrogen and oxygen atoms in total. The van der Waals surface area contributed by atoms with Crippen molar-refractivity contribution in [2.75, 3.05) is 0 Å². The Hall–Kier alpha value is -3.76. The number of allylic oxidation sites excluding steroid dienone is 4. The van der Waals surface area contributed by atoms with E-state index in [2.05, 4.69) is 124 Å². The van der Waals surface area contributed by atoms with Crippen molar-refractivity contribution in [3.8, 4) is 16.9 Å². The lowest BCUT2D eigenvalue weighted by atomic mass is 10.0. The third-order valence-electron chi connectivity index (χ3n) is 7.04. The molecule has 0 atom stereocenters. The molecule has 4 heteroatoms. The summed E-state index contributed by atoms with van der Waals surface area (Å²) in [6, 6.07) is 17.2. The van der Waals surface area contributed by atoms with Crippen LogP contribution in [-0.2, 0) is 0 Å². The first-order chi connectivity index (χ1) is 17.4. The van der Waals surface area contributed by atoms with Gasteiger partial charge in [0.05, 0.1) is 5.52 Å². The number of aromatic nitrogens is 3. The zero-order chi connectivity index (χ0) is 25.6. The fourth-order valence-corrected chi connectivity index (χ4v) is 6.16. The van der Waals surface area contributed by atoms with Gasteiger partial charge in [-0.15, -0.1) is 11.3 Å². The maximum absolute atomic E-state index is 5.24. The van der Waals surface area contributed by atoms with Gasteiger partial charge in [0, 0.05) is 38.8 Å². The summed E-state index contributed by atoms with van der Waals surface area (Å²) in [7, 11) is 0. The van der Waals surface area contributed by atoms with Gasteiger partial charge in [-0.25, -0.2) is 0 Å². The summed E-state index contributed by atoms with van der Waals surface area (Å²) >= 11 is 1.80. The zero-order valence-electron chi connectivity index (χ0n) is 21.9. The Balaban J connectivity index is 2.00. The van der Waals surface area contributed by atoms with Crippen LogP contribution in [0.1, 0.15) is 49.5 Å². The van der Waals surface area contributed by atoms with Crippen LogP contribution in [-0.4, -0.2) is 9.55 Å². The Morgan fingerprint density at radius 1 is 1.00 bits per heavy atom. The van der Waals surface area contributed by atoms with Gasteiger partial charge in [-0.1, -0.05) is 43.0 Å². The lowest BCUT2D eigenvalue weighted by Gasteiger charge is -2.14. The van der Waals surface area contributed by atoms with Crippen molar-refractivity contribution < 1.29 is 4.57 Å². The lowest BCUT2D eigenvalue weighted by molar-refractivity contribution is -0.574. The number of rotatable bonds is 5. The molecule has 0 fully saturated rings. The average molecular weight is 491 g/mol. The number of thiophene rings is 1. The van der Waals surface area contributed by atoms with Crippen molar-refractivity contribution in [2.24, 2.45) is 0 Å². The van der Waals surface area contributed by atoms with E-state index in [-0.39, 0.29) is 0 Å². The topological polar surface area (TPSA) is 21.7 Å². The first-order valence-electron chi connectivity index (χ1n) is 12.4. The van der Waals surface area contributed by atoms with Gasteiger partial charge in [-0.3, -0.25) is 0 Å². The smallest absolute Gasteiger partial charge is 0.316 e. The van der Waals surface area contributed by atoms with Crippen LogP contribution >= 0.6 is 11.3 Å². The largest absolute Gasteiger partial charge is 0.331 e. The molecule has 3 aromatic heterocycles. The fraction of sp³-hybridized carbons (Fsp3) is 0.188. The summed E-state index contributed by atoms with van der Waals surface area (Å²) in [4.78, 5) is 6.47. The number of para-hydroxylation sites is 1. The van der Waals surface area contributed by atoms with E-state index in [1.54, 1.807) is 11.3 Å². The van der Waals surface area contributed by atoms with Gasteiger partial charge in [0.1, 0.15) is 10.4 Å². The van der Waals surface area contributed by atoms with Crippen molar-refractivity contribution in [2.45, 2.75) is 41.5 Å². The second kappa shape index (κ2) is 9.36. The molecule has 36 heavy (non-hydrogen) atoms. The molecule has 0 aliphatic rings. The second-order valence-corrected chi connectivity index (χ2v) is 10.4. The van der Waals surface area contributed by atoms with E-state index in [0.717, 1.165) is 33.9 Å². The number of benzene rings is 2. The standard InChI is InChI=1S/C32H32N3S/c1-8-20(4)32-33-29-25(10-3)23(7)36-31(29)30(35(32)22(6)9-2)26-17-14-18-27-28(26)21(5)19-34(27)24-15-12-11-13-16-24/h8-19H,3H2,1-2,4-7H3/q+1. The molecule has 0 saturated carbocycles. The molecule has 0 saturated heterocycles. The Morgan fingerprint density at radius 2 is 1.75 bits per heavy atom. The first kappa shape index (κ1) is 24.0. The summed E-state index contributed by atoms with van der Waals surface area (Å²) in [5.74, 6) is 0.966. The third kappa shape index (κ3) is 3.64. The summed E-state index contributed by atoms with van der Waals surface area (Å²) < 4.78 is 5.83. The van der Waals surface area contributed by atoms with Crippen LogP contribution in [0.2, 0.25) is 0 Å². The number of aryl methyl sites for hydroxylation is 2. The van der Waals surface area contributed by atoms with Gasteiger partial charge in [0.2, 0.25) is 5.52 Å². The number of hydrogen-bond donors (Lipinski definition) is 0. The van der Waals surface area contributed by atoms with E-state index in [4.69, 9.17) is 4.98 Å². The molecular weight excluding hydrogens is 458 g/mol. The zero-order valence-corrected chi connectivity index (χ0v) is 22.7. The number of hydrogen-bond acceptors (Lipinski definition) is 2. The first-order valence-corrected chi connectivity index (χ1v) is 13.2. The molecule has 3 heterocycles. The molecule has 5 rings (SSSR count). The quantitative estimate of drug-likeness (QED) is 0.226. The van der Waals surface area contributed by atoms with Crippen LogP contribution in [0.15, 0.2) is 73.5 Å². The van der Waals surface area contributed by atoms with Crippen LogP contribution in [0.5, 0.6) is 0 Å². The number of fused-ring (bicyclic) bond motifs is 2. The summed E-state index contributed by atoms with van der Waals surface area (Å²) in [5, 5.41) is 1.27. The highest BCUT2D eigenvalue weighted by atomic mass is 32.1. The minimum absolute atomic E-state index is 0.966. The molecular formula is C32H32N3S+. The van der Waals surface area contributed by atoms with Crippen LogP contribution in [0.4, 0.5) is 0 Å². The van der Waals surface area contributed by atoms with E-state index in [0.29, 0.717) is 0 Å². The summed E-state index contributed by atoms with van der Waals surface area (Å²) in [5.41, 5.74) is 10.5. The van der Waals surface area contributed by atoms with Crippen LogP contribution in [0, 0.1) is 13.8 Å². The SMILES string of the molecule is C=Cc1c(C)sc2c(-c3cccc4c3c(C)cn4-c3ccccc3)[n+](C(C)=CC)c(C(C)=CC)nc12. The molecule has 0 radical (unpaired) electrons. The van der Waals surface area contributed by atoms with Crippen LogP contribution in [0.25, 0.3) is 55.4 Å². The molecule has 2 aromatic carbocycles. The Kier molecular flexibility index (Phi) is 6.23. The minimum Gasteiger partial charge on any atom is -0.316 e. The Bertz CT molecular complexity index is 1690. The summed E-state index contributed by atoms with van der Waals surface area (Å²) in [6.07, 6.45) is 8.51. The van der Waals surface area contributed by atoms with Gasteiger partial charge >= 0.3 is 5.82 Å². The maximum Gasteiger partial charge on any atom is 0.331 e. The van der Waals surface area contributed by atoms with Crippen molar-refractivity contribution in [3.05, 3.63) is 95.3 Å². The molecule has 0 unspecified atom stereocenters. The average Bonchev–Trinajstić information content (AvgIpc) is 3.42. The van der Waals surface area contributed by atoms with Gasteiger partial charge in [0.25, 0.3) is 0 Å². The molecule has 0 spiro atoms. The maximum atomic E-state index is 5.24. The highest BCUT2D eigenvalue weighted by Gasteiger charge is 2.30. The molecule has 5 aromatic rings.